The maximum atomic E-state index is 11.4. The summed E-state index contributed by atoms with van der Waals surface area (Å²) in [6.45, 7) is 0. The molecule has 21 heavy (non-hydrogen) atoms. The second-order valence-corrected chi connectivity index (χ2v) is 6.99. The Labute approximate surface area is 127 Å². The fraction of sp³-hybridized carbons (Fsp3) is 0.353. The van der Waals surface area contributed by atoms with Gasteiger partial charge in [-0.1, -0.05) is 12.1 Å². The lowest BCUT2D eigenvalue weighted by Crippen LogP contribution is -2.19. The van der Waals surface area contributed by atoms with Crippen molar-refractivity contribution in [3.05, 3.63) is 50.7 Å². The van der Waals surface area contributed by atoms with Gasteiger partial charge < -0.3 is 10.4 Å². The predicted octanol–water partition coefficient (Wildman–Crippen LogP) is 3.20. The Morgan fingerprint density at radius 1 is 1.10 bits per heavy atom. The lowest BCUT2D eigenvalue weighted by Gasteiger charge is -2.19. The zero-order valence-corrected chi connectivity index (χ0v) is 12.5. The molecule has 0 radical (unpaired) electrons. The first-order chi connectivity index (χ1) is 10.2. The number of carbonyl (C=O) groups is 1. The van der Waals surface area contributed by atoms with Crippen molar-refractivity contribution in [1.29, 1.82) is 0 Å². The maximum absolute atomic E-state index is 11.4. The van der Waals surface area contributed by atoms with Crippen LogP contribution >= 0.6 is 11.3 Å². The Bertz CT molecular complexity index is 698. The average molecular weight is 299 g/mol. The van der Waals surface area contributed by atoms with Gasteiger partial charge in [-0.25, -0.2) is 0 Å². The van der Waals surface area contributed by atoms with Crippen molar-refractivity contribution in [2.24, 2.45) is 0 Å². The number of amides is 1. The van der Waals surface area contributed by atoms with Gasteiger partial charge in [0.25, 0.3) is 0 Å². The standard InChI is InChI=1S/C17H17NO2S/c19-16-7-5-10-8-12(4-6-13(10)18-16)17(20)15-9-11-2-1-3-14(11)21-15/h4,6,8-9,17,20H,1-3,5,7H2,(H,18,19). The summed E-state index contributed by atoms with van der Waals surface area (Å²) in [6, 6.07) is 8.02. The molecule has 1 aromatic carbocycles. The van der Waals surface area contributed by atoms with Crippen LogP contribution in [0.5, 0.6) is 0 Å². The lowest BCUT2D eigenvalue weighted by molar-refractivity contribution is -0.116. The number of hydrogen-bond acceptors (Lipinski definition) is 3. The fourth-order valence-electron chi connectivity index (χ4n) is 3.22. The lowest BCUT2D eigenvalue weighted by atomic mass is 9.97. The van der Waals surface area contributed by atoms with Gasteiger partial charge in [0.1, 0.15) is 6.10 Å². The number of hydrogen-bond donors (Lipinski definition) is 2. The van der Waals surface area contributed by atoms with Gasteiger partial charge in [-0.3, -0.25) is 4.79 Å². The number of aryl methyl sites for hydroxylation is 3. The van der Waals surface area contributed by atoms with Crippen molar-refractivity contribution in [1.82, 2.24) is 0 Å². The molecule has 3 nitrogen and oxygen atoms in total. The third kappa shape index (κ3) is 2.28. The first-order valence-corrected chi connectivity index (χ1v) is 8.24. The van der Waals surface area contributed by atoms with Crippen LogP contribution in [-0.4, -0.2) is 11.0 Å². The largest absolute Gasteiger partial charge is 0.383 e. The summed E-state index contributed by atoms with van der Waals surface area (Å²) in [4.78, 5) is 13.9. The third-order valence-corrected chi connectivity index (χ3v) is 5.67. The van der Waals surface area contributed by atoms with Gasteiger partial charge in [-0.2, -0.15) is 0 Å². The highest BCUT2D eigenvalue weighted by atomic mass is 32.1. The SMILES string of the molecule is O=C1CCc2cc(C(O)c3cc4c(s3)CCC4)ccc2N1. The van der Waals surface area contributed by atoms with Crippen LogP contribution < -0.4 is 5.32 Å². The summed E-state index contributed by atoms with van der Waals surface area (Å²) in [5, 5.41) is 13.5. The van der Waals surface area contributed by atoms with E-state index in [1.54, 1.807) is 11.3 Å². The quantitative estimate of drug-likeness (QED) is 0.894. The van der Waals surface area contributed by atoms with Gasteiger partial charge >= 0.3 is 0 Å². The minimum absolute atomic E-state index is 0.0745. The zero-order valence-electron chi connectivity index (χ0n) is 11.7. The molecular weight excluding hydrogens is 282 g/mol. The number of benzene rings is 1. The predicted molar refractivity (Wildman–Crippen MR) is 83.8 cm³/mol. The van der Waals surface area contributed by atoms with Crippen molar-refractivity contribution >= 4 is 22.9 Å². The average Bonchev–Trinajstić information content (AvgIpc) is 3.07. The molecule has 2 heterocycles. The normalized spacial score (nSPS) is 18.0. The van der Waals surface area contributed by atoms with E-state index >= 15 is 0 Å². The van der Waals surface area contributed by atoms with Gasteiger partial charge in [0.2, 0.25) is 5.91 Å². The number of rotatable bonds is 2. The maximum Gasteiger partial charge on any atom is 0.224 e. The van der Waals surface area contributed by atoms with Crippen LogP contribution in [0.25, 0.3) is 0 Å². The van der Waals surface area contributed by atoms with E-state index in [1.165, 1.54) is 16.9 Å². The molecule has 1 atom stereocenters. The van der Waals surface area contributed by atoms with Gasteiger partial charge in [0.15, 0.2) is 0 Å². The number of thiophene rings is 1. The van der Waals surface area contributed by atoms with E-state index < -0.39 is 6.10 Å². The van der Waals surface area contributed by atoms with Crippen LogP contribution in [0.15, 0.2) is 24.3 Å². The highest BCUT2D eigenvalue weighted by Gasteiger charge is 2.21. The molecular formula is C17H17NO2S. The Kier molecular flexibility index (Phi) is 3.08. The Morgan fingerprint density at radius 2 is 2.00 bits per heavy atom. The molecule has 0 spiro atoms. The minimum atomic E-state index is -0.552. The van der Waals surface area contributed by atoms with Crippen LogP contribution in [0.2, 0.25) is 0 Å². The molecule has 0 saturated heterocycles. The summed E-state index contributed by atoms with van der Waals surface area (Å²) in [5.74, 6) is 0.0745. The molecule has 108 valence electrons. The van der Waals surface area contributed by atoms with Gasteiger partial charge in [0.05, 0.1) is 0 Å². The highest BCUT2D eigenvalue weighted by molar-refractivity contribution is 7.12. The summed E-state index contributed by atoms with van der Waals surface area (Å²) in [6.07, 6.45) is 4.28. The van der Waals surface area contributed by atoms with Crippen LogP contribution in [0.3, 0.4) is 0 Å². The summed E-state index contributed by atoms with van der Waals surface area (Å²) in [7, 11) is 0. The number of anilines is 1. The Balaban J connectivity index is 1.64. The number of carbonyl (C=O) groups excluding carboxylic acids is 1. The van der Waals surface area contributed by atoms with Crippen LogP contribution in [-0.2, 0) is 24.1 Å². The molecule has 0 bridgehead atoms. The molecule has 2 aromatic rings. The zero-order chi connectivity index (χ0) is 14.4. The molecule has 2 aliphatic rings. The van der Waals surface area contributed by atoms with Crippen molar-refractivity contribution in [3.8, 4) is 0 Å². The highest BCUT2D eigenvalue weighted by Crippen LogP contribution is 2.37. The second kappa shape index (κ2) is 4.97. The molecule has 2 N–H and O–H groups in total. The third-order valence-electron chi connectivity index (χ3n) is 4.38. The van der Waals surface area contributed by atoms with E-state index in [0.717, 1.165) is 41.0 Å². The van der Waals surface area contributed by atoms with Crippen LogP contribution in [0.1, 0.15) is 45.4 Å². The molecule has 0 fully saturated rings. The molecule has 4 heteroatoms. The summed E-state index contributed by atoms with van der Waals surface area (Å²) < 4.78 is 0. The Morgan fingerprint density at radius 3 is 2.86 bits per heavy atom. The van der Waals surface area contributed by atoms with Crippen molar-refractivity contribution in [2.75, 3.05) is 5.32 Å². The van der Waals surface area contributed by atoms with E-state index in [4.69, 9.17) is 0 Å². The van der Waals surface area contributed by atoms with Crippen molar-refractivity contribution in [3.63, 3.8) is 0 Å². The Hall–Kier alpha value is -1.65. The van der Waals surface area contributed by atoms with E-state index in [1.807, 2.05) is 18.2 Å². The molecule has 1 aromatic heterocycles. The van der Waals surface area contributed by atoms with Crippen LogP contribution in [0.4, 0.5) is 5.69 Å². The van der Waals surface area contributed by atoms with Gasteiger partial charge in [0, 0.05) is 21.9 Å². The smallest absolute Gasteiger partial charge is 0.224 e. The molecule has 1 amide bonds. The van der Waals surface area contributed by atoms with Crippen LogP contribution in [0, 0.1) is 0 Å². The van der Waals surface area contributed by atoms with Gasteiger partial charge in [-0.05, 0) is 54.5 Å². The van der Waals surface area contributed by atoms with E-state index in [2.05, 4.69) is 11.4 Å². The molecule has 0 saturated carbocycles. The number of nitrogens with one attached hydrogen (secondary N) is 1. The van der Waals surface area contributed by atoms with E-state index in [-0.39, 0.29) is 5.91 Å². The molecule has 4 rings (SSSR count). The molecule has 1 aliphatic heterocycles. The first-order valence-electron chi connectivity index (χ1n) is 7.43. The summed E-state index contributed by atoms with van der Waals surface area (Å²) in [5.41, 5.74) is 4.34. The summed E-state index contributed by atoms with van der Waals surface area (Å²) >= 11 is 1.74. The minimum Gasteiger partial charge on any atom is -0.383 e. The topological polar surface area (TPSA) is 49.3 Å². The monoisotopic (exact) mass is 299 g/mol. The number of aliphatic hydroxyl groups is 1. The second-order valence-electron chi connectivity index (χ2n) is 5.82. The van der Waals surface area contributed by atoms with E-state index in [9.17, 15) is 9.90 Å². The number of aliphatic hydroxyl groups excluding tert-OH is 1. The van der Waals surface area contributed by atoms with Crippen molar-refractivity contribution in [2.45, 2.75) is 38.2 Å². The van der Waals surface area contributed by atoms with E-state index in [0.29, 0.717) is 6.42 Å². The molecule has 1 unspecified atom stereocenters. The number of fused-ring (bicyclic) bond motifs is 2. The fourth-order valence-corrected chi connectivity index (χ4v) is 4.50. The van der Waals surface area contributed by atoms with Gasteiger partial charge in [-0.15, -0.1) is 11.3 Å². The first kappa shape index (κ1) is 13.0. The van der Waals surface area contributed by atoms with Crippen molar-refractivity contribution < 1.29 is 9.90 Å². The molecule has 1 aliphatic carbocycles.